The largest absolute Gasteiger partial charge is 0.353 e. The second kappa shape index (κ2) is 4.90. The van der Waals surface area contributed by atoms with Crippen molar-refractivity contribution in [3.8, 4) is 0 Å². The number of carbonyl (C=O) groups is 2. The minimum Gasteiger partial charge on any atom is -0.353 e. The SMILES string of the molecule is O=C(NC1CCC(NC(=O)C2CC2)CC1)C1CC1. The van der Waals surface area contributed by atoms with Crippen molar-refractivity contribution in [2.24, 2.45) is 11.8 Å². The van der Waals surface area contributed by atoms with Crippen LogP contribution in [0.2, 0.25) is 0 Å². The smallest absolute Gasteiger partial charge is 0.223 e. The van der Waals surface area contributed by atoms with Gasteiger partial charge in [0.05, 0.1) is 0 Å². The number of hydrogen-bond acceptors (Lipinski definition) is 2. The molecule has 0 aliphatic heterocycles. The Bertz CT molecular complexity index is 306. The summed E-state index contributed by atoms with van der Waals surface area (Å²) < 4.78 is 0. The molecule has 0 aromatic carbocycles. The van der Waals surface area contributed by atoms with Gasteiger partial charge in [0.1, 0.15) is 0 Å². The first kappa shape index (κ1) is 12.0. The number of nitrogens with one attached hydrogen (secondary N) is 2. The third-order valence-electron chi connectivity index (χ3n) is 4.32. The van der Waals surface area contributed by atoms with Crippen LogP contribution in [-0.2, 0) is 9.59 Å². The molecule has 3 rings (SSSR count). The fraction of sp³-hybridized carbons (Fsp3) is 0.857. The average molecular weight is 250 g/mol. The Morgan fingerprint density at radius 3 is 1.22 bits per heavy atom. The fourth-order valence-electron chi connectivity index (χ4n) is 2.71. The normalized spacial score (nSPS) is 31.8. The highest BCUT2D eigenvalue weighted by Gasteiger charge is 2.34. The van der Waals surface area contributed by atoms with Crippen LogP contribution in [-0.4, -0.2) is 23.9 Å². The summed E-state index contributed by atoms with van der Waals surface area (Å²) in [4.78, 5) is 23.3. The summed E-state index contributed by atoms with van der Waals surface area (Å²) in [5.74, 6) is 1.11. The molecular weight excluding hydrogens is 228 g/mol. The maximum Gasteiger partial charge on any atom is 0.223 e. The van der Waals surface area contributed by atoms with Crippen molar-refractivity contribution in [3.63, 3.8) is 0 Å². The standard InChI is InChI=1S/C14H22N2O2/c17-13(9-1-2-9)15-11-5-7-12(8-6-11)16-14(18)10-3-4-10/h9-12H,1-8H2,(H,15,17)(H,16,18). The number of amides is 2. The van der Waals surface area contributed by atoms with E-state index in [9.17, 15) is 9.59 Å². The molecule has 0 saturated heterocycles. The van der Waals surface area contributed by atoms with Gasteiger partial charge in [-0.2, -0.15) is 0 Å². The van der Waals surface area contributed by atoms with Gasteiger partial charge in [0.25, 0.3) is 0 Å². The van der Waals surface area contributed by atoms with Crippen molar-refractivity contribution < 1.29 is 9.59 Å². The lowest BCUT2D eigenvalue weighted by molar-refractivity contribution is -0.124. The molecule has 3 aliphatic rings. The van der Waals surface area contributed by atoms with Gasteiger partial charge < -0.3 is 10.6 Å². The lowest BCUT2D eigenvalue weighted by Gasteiger charge is -2.29. The zero-order valence-electron chi connectivity index (χ0n) is 10.8. The van der Waals surface area contributed by atoms with Crippen LogP contribution in [0.15, 0.2) is 0 Å². The predicted molar refractivity (Wildman–Crippen MR) is 67.8 cm³/mol. The van der Waals surface area contributed by atoms with Gasteiger partial charge in [-0.25, -0.2) is 0 Å². The molecule has 0 heterocycles. The van der Waals surface area contributed by atoms with Crippen LogP contribution in [0.4, 0.5) is 0 Å². The Kier molecular flexibility index (Phi) is 3.27. The van der Waals surface area contributed by atoms with Crippen LogP contribution in [0.25, 0.3) is 0 Å². The van der Waals surface area contributed by atoms with Gasteiger partial charge in [-0.1, -0.05) is 0 Å². The minimum atomic E-state index is 0.250. The highest BCUT2D eigenvalue weighted by Crippen LogP contribution is 2.31. The third-order valence-corrected chi connectivity index (χ3v) is 4.32. The Morgan fingerprint density at radius 1 is 0.611 bits per heavy atom. The van der Waals surface area contributed by atoms with Crippen LogP contribution in [0.5, 0.6) is 0 Å². The summed E-state index contributed by atoms with van der Waals surface area (Å²) in [6.45, 7) is 0. The molecule has 0 aromatic rings. The lowest BCUT2D eigenvalue weighted by Crippen LogP contribution is -2.44. The van der Waals surface area contributed by atoms with E-state index in [0.29, 0.717) is 23.9 Å². The van der Waals surface area contributed by atoms with E-state index in [1.54, 1.807) is 0 Å². The lowest BCUT2D eigenvalue weighted by atomic mass is 9.91. The first-order chi connectivity index (χ1) is 8.72. The molecule has 0 bridgehead atoms. The fourth-order valence-corrected chi connectivity index (χ4v) is 2.71. The van der Waals surface area contributed by atoms with E-state index >= 15 is 0 Å². The highest BCUT2D eigenvalue weighted by molar-refractivity contribution is 5.81. The second-order valence-electron chi connectivity index (χ2n) is 6.11. The van der Waals surface area contributed by atoms with Gasteiger partial charge in [-0.15, -0.1) is 0 Å². The first-order valence-corrected chi connectivity index (χ1v) is 7.33. The Morgan fingerprint density at radius 2 is 0.944 bits per heavy atom. The van der Waals surface area contributed by atoms with Crippen LogP contribution in [0.3, 0.4) is 0 Å². The van der Waals surface area contributed by atoms with E-state index in [1.807, 2.05) is 0 Å². The summed E-state index contributed by atoms with van der Waals surface area (Å²) in [5, 5.41) is 6.28. The summed E-state index contributed by atoms with van der Waals surface area (Å²) in [6.07, 6.45) is 8.30. The molecular formula is C14H22N2O2. The monoisotopic (exact) mass is 250 g/mol. The Hall–Kier alpha value is -1.06. The van der Waals surface area contributed by atoms with Crippen LogP contribution < -0.4 is 10.6 Å². The van der Waals surface area contributed by atoms with E-state index in [2.05, 4.69) is 10.6 Å². The van der Waals surface area contributed by atoms with E-state index < -0.39 is 0 Å². The maximum atomic E-state index is 11.6. The molecule has 0 aromatic heterocycles. The molecule has 100 valence electrons. The molecule has 3 saturated carbocycles. The molecule has 3 aliphatic carbocycles. The van der Waals surface area contributed by atoms with Crippen LogP contribution in [0.1, 0.15) is 51.4 Å². The first-order valence-electron chi connectivity index (χ1n) is 7.33. The number of carbonyl (C=O) groups excluding carboxylic acids is 2. The molecule has 2 N–H and O–H groups in total. The third kappa shape index (κ3) is 3.03. The van der Waals surface area contributed by atoms with Crippen molar-refractivity contribution >= 4 is 11.8 Å². The topological polar surface area (TPSA) is 58.2 Å². The highest BCUT2D eigenvalue weighted by atomic mass is 16.2. The van der Waals surface area contributed by atoms with Gasteiger partial charge in [0.2, 0.25) is 11.8 Å². The molecule has 3 fully saturated rings. The summed E-state index contributed by atoms with van der Waals surface area (Å²) >= 11 is 0. The van der Waals surface area contributed by atoms with Gasteiger partial charge in [0.15, 0.2) is 0 Å². The Balaban J connectivity index is 1.37. The van der Waals surface area contributed by atoms with Gasteiger partial charge >= 0.3 is 0 Å². The van der Waals surface area contributed by atoms with Crippen molar-refractivity contribution in [1.82, 2.24) is 10.6 Å². The summed E-state index contributed by atoms with van der Waals surface area (Å²) in [7, 11) is 0. The number of rotatable bonds is 4. The molecule has 2 amide bonds. The van der Waals surface area contributed by atoms with Gasteiger partial charge in [0, 0.05) is 23.9 Å². The molecule has 4 nitrogen and oxygen atoms in total. The van der Waals surface area contributed by atoms with E-state index in [0.717, 1.165) is 51.4 Å². The summed E-state index contributed by atoms with van der Waals surface area (Å²) in [6, 6.07) is 0.680. The molecule has 0 radical (unpaired) electrons. The van der Waals surface area contributed by atoms with Crippen molar-refractivity contribution in [1.29, 1.82) is 0 Å². The molecule has 0 atom stereocenters. The van der Waals surface area contributed by atoms with E-state index in [4.69, 9.17) is 0 Å². The molecule has 4 heteroatoms. The quantitative estimate of drug-likeness (QED) is 0.791. The molecule has 0 unspecified atom stereocenters. The minimum absolute atomic E-state index is 0.250. The number of hydrogen-bond donors (Lipinski definition) is 2. The molecule has 18 heavy (non-hydrogen) atoms. The van der Waals surface area contributed by atoms with Crippen molar-refractivity contribution in [2.45, 2.75) is 63.5 Å². The van der Waals surface area contributed by atoms with E-state index in [-0.39, 0.29) is 11.8 Å². The summed E-state index contributed by atoms with van der Waals surface area (Å²) in [5.41, 5.74) is 0. The van der Waals surface area contributed by atoms with Crippen LogP contribution in [0, 0.1) is 11.8 Å². The van der Waals surface area contributed by atoms with Crippen molar-refractivity contribution in [3.05, 3.63) is 0 Å². The van der Waals surface area contributed by atoms with Gasteiger partial charge in [-0.05, 0) is 51.4 Å². The van der Waals surface area contributed by atoms with Gasteiger partial charge in [-0.3, -0.25) is 9.59 Å². The molecule has 0 spiro atoms. The zero-order valence-corrected chi connectivity index (χ0v) is 10.8. The Labute approximate surface area is 108 Å². The second-order valence-corrected chi connectivity index (χ2v) is 6.11. The average Bonchev–Trinajstić information content (AvgIpc) is 3.22. The van der Waals surface area contributed by atoms with Crippen molar-refractivity contribution in [2.75, 3.05) is 0 Å². The van der Waals surface area contributed by atoms with Crippen LogP contribution >= 0.6 is 0 Å². The zero-order chi connectivity index (χ0) is 12.5. The maximum absolute atomic E-state index is 11.6. The predicted octanol–water partition coefficient (Wildman–Crippen LogP) is 1.35. The van der Waals surface area contributed by atoms with E-state index in [1.165, 1.54) is 0 Å².